The molecule has 0 unspecified atom stereocenters. The quantitative estimate of drug-likeness (QED) is 0.225. The molecule has 3 heterocycles. The highest BCUT2D eigenvalue weighted by molar-refractivity contribution is 7.17. The Balaban J connectivity index is 1.79. The van der Waals surface area contributed by atoms with Crippen molar-refractivity contribution < 1.29 is 4.79 Å². The predicted molar refractivity (Wildman–Crippen MR) is 123 cm³/mol. The highest BCUT2D eigenvalue weighted by atomic mass is 32.1. The molecule has 0 atom stereocenters. The van der Waals surface area contributed by atoms with Crippen molar-refractivity contribution in [2.24, 2.45) is 0 Å². The van der Waals surface area contributed by atoms with E-state index in [1.807, 2.05) is 12.1 Å². The number of hydrogen-bond donors (Lipinski definition) is 0. The molecule has 0 fully saturated rings. The number of aromatic nitrogens is 1. The fourth-order valence-electron chi connectivity index (χ4n) is 4.41. The van der Waals surface area contributed by atoms with Gasteiger partial charge in [0.1, 0.15) is 0 Å². The Morgan fingerprint density at radius 3 is 2.41 bits per heavy atom. The lowest BCUT2D eigenvalue weighted by Gasteiger charge is -2.11. The van der Waals surface area contributed by atoms with E-state index in [0.717, 1.165) is 21.6 Å². The van der Waals surface area contributed by atoms with E-state index in [9.17, 15) is 4.79 Å². The van der Waals surface area contributed by atoms with Crippen molar-refractivity contribution >= 4 is 55.7 Å². The van der Waals surface area contributed by atoms with Crippen molar-refractivity contribution in [3.63, 3.8) is 0 Å². The first-order valence-electron chi connectivity index (χ1n) is 9.64. The molecule has 3 heteroatoms. The minimum absolute atomic E-state index is 0.757. The van der Waals surface area contributed by atoms with Crippen LogP contribution >= 0.6 is 11.3 Å². The van der Waals surface area contributed by atoms with Gasteiger partial charge in [0.25, 0.3) is 0 Å². The maximum atomic E-state index is 11.1. The van der Waals surface area contributed by atoms with Gasteiger partial charge in [0, 0.05) is 21.0 Å². The minimum Gasteiger partial charge on any atom is -0.309 e. The van der Waals surface area contributed by atoms with Crippen LogP contribution in [0.5, 0.6) is 0 Å². The normalized spacial score (nSPS) is 11.8. The average Bonchev–Trinajstić information content (AvgIpc) is 3.38. The summed E-state index contributed by atoms with van der Waals surface area (Å²) in [5, 5.41) is 5.00. The Labute approximate surface area is 171 Å². The van der Waals surface area contributed by atoms with E-state index >= 15 is 0 Å². The fraction of sp³-hybridized carbons (Fsp3) is 0.0385. The molecule has 0 aliphatic rings. The maximum Gasteiger partial charge on any atom is 0.160 e. The Morgan fingerprint density at radius 1 is 0.759 bits per heavy atom. The van der Waals surface area contributed by atoms with E-state index < -0.39 is 0 Å². The highest BCUT2D eigenvalue weighted by Gasteiger charge is 2.13. The van der Waals surface area contributed by atoms with Crippen molar-refractivity contribution in [1.82, 2.24) is 4.40 Å². The molecule has 2 nitrogen and oxygen atoms in total. The fourth-order valence-corrected chi connectivity index (χ4v) is 5.22. The number of hydrogen-bond acceptors (Lipinski definition) is 2. The zero-order chi connectivity index (χ0) is 19.5. The van der Waals surface area contributed by atoms with Gasteiger partial charge in [0.05, 0.1) is 21.4 Å². The van der Waals surface area contributed by atoms with E-state index in [1.54, 1.807) is 0 Å². The van der Waals surface area contributed by atoms with E-state index in [0.29, 0.717) is 0 Å². The molecule has 6 rings (SSSR count). The summed E-state index contributed by atoms with van der Waals surface area (Å²) >= 11 is 1.53. The highest BCUT2D eigenvalue weighted by Crippen LogP contribution is 2.37. The Morgan fingerprint density at radius 2 is 1.59 bits per heavy atom. The summed E-state index contributed by atoms with van der Waals surface area (Å²) in [4.78, 5) is 13.0. The monoisotopic (exact) mass is 391 g/mol. The number of rotatable bonds is 2. The molecule has 0 aliphatic heterocycles. The smallest absolute Gasteiger partial charge is 0.160 e. The van der Waals surface area contributed by atoms with Gasteiger partial charge < -0.3 is 4.40 Å². The summed E-state index contributed by atoms with van der Waals surface area (Å²) in [6.07, 6.45) is 0.919. The zero-order valence-corrected chi connectivity index (χ0v) is 16.7. The molecular weight excluding hydrogens is 374 g/mol. The first kappa shape index (κ1) is 16.5. The van der Waals surface area contributed by atoms with Crippen molar-refractivity contribution in [3.8, 4) is 10.4 Å². The summed E-state index contributed by atoms with van der Waals surface area (Å²) in [6, 6.07) is 28.1. The third kappa shape index (κ3) is 2.38. The molecule has 0 aliphatic carbocycles. The van der Waals surface area contributed by atoms with E-state index in [-0.39, 0.29) is 0 Å². The molecule has 0 spiro atoms. The van der Waals surface area contributed by atoms with Crippen molar-refractivity contribution in [2.45, 2.75) is 6.92 Å². The molecule has 0 amide bonds. The molecule has 0 bridgehead atoms. The van der Waals surface area contributed by atoms with Gasteiger partial charge in [0.15, 0.2) is 6.29 Å². The largest absolute Gasteiger partial charge is 0.309 e. The van der Waals surface area contributed by atoms with Crippen molar-refractivity contribution in [3.05, 3.63) is 89.3 Å². The number of benzene rings is 3. The minimum atomic E-state index is 0.757. The molecule has 0 N–H and O–H groups in total. The molecule has 3 aromatic heterocycles. The zero-order valence-electron chi connectivity index (χ0n) is 15.8. The Hall–Kier alpha value is -3.43. The van der Waals surface area contributed by atoms with Gasteiger partial charge in [-0.1, -0.05) is 42.0 Å². The second kappa shape index (κ2) is 6.03. The molecule has 138 valence electrons. The number of aryl methyl sites for hydroxylation is 1. The van der Waals surface area contributed by atoms with E-state index in [1.165, 1.54) is 55.0 Å². The van der Waals surface area contributed by atoms with Crippen LogP contribution in [-0.4, -0.2) is 10.7 Å². The van der Waals surface area contributed by atoms with Crippen LogP contribution in [0.25, 0.3) is 48.5 Å². The van der Waals surface area contributed by atoms with Crippen LogP contribution in [0, 0.1) is 6.92 Å². The molecular formula is C26H17NOS. The first-order valence-corrected chi connectivity index (χ1v) is 10.5. The maximum absolute atomic E-state index is 11.1. The van der Waals surface area contributed by atoms with Gasteiger partial charge in [-0.05, 0) is 60.3 Å². The number of carbonyl (C=O) groups is 1. The van der Waals surface area contributed by atoms with Crippen molar-refractivity contribution in [2.75, 3.05) is 0 Å². The van der Waals surface area contributed by atoms with Gasteiger partial charge in [-0.3, -0.25) is 4.79 Å². The second-order valence-corrected chi connectivity index (χ2v) is 8.64. The number of fused-ring (bicyclic) bond motifs is 8. The summed E-state index contributed by atoms with van der Waals surface area (Å²) in [7, 11) is 0. The number of nitrogens with zero attached hydrogens (tertiary/aromatic N) is 1. The first-order chi connectivity index (χ1) is 14.2. The van der Waals surface area contributed by atoms with Crippen LogP contribution in [-0.2, 0) is 0 Å². The summed E-state index contributed by atoms with van der Waals surface area (Å²) in [6.45, 7) is 2.14. The standard InChI is InChI=1S/C26H17NOS/c1-16-6-9-23-18(12-16)14-25-21-5-3-2-4-20(21)22-13-17(7-10-24(22)27(23)25)26-11-8-19(15-28)29-26/h2-15H,1H3. The number of pyridine rings is 1. The summed E-state index contributed by atoms with van der Waals surface area (Å²) < 4.78 is 2.38. The van der Waals surface area contributed by atoms with Crippen LogP contribution in [0.2, 0.25) is 0 Å². The van der Waals surface area contributed by atoms with Crippen LogP contribution in [0.3, 0.4) is 0 Å². The van der Waals surface area contributed by atoms with Crippen LogP contribution < -0.4 is 0 Å². The molecule has 6 aromatic rings. The predicted octanol–water partition coefficient (Wildman–Crippen LogP) is 7.25. The van der Waals surface area contributed by atoms with Gasteiger partial charge in [-0.25, -0.2) is 0 Å². The van der Waals surface area contributed by atoms with Gasteiger partial charge in [0.2, 0.25) is 0 Å². The van der Waals surface area contributed by atoms with Gasteiger partial charge in [-0.15, -0.1) is 11.3 Å². The molecule has 0 radical (unpaired) electrons. The van der Waals surface area contributed by atoms with Gasteiger partial charge in [-0.2, -0.15) is 0 Å². The number of aldehydes is 1. The lowest BCUT2D eigenvalue weighted by Crippen LogP contribution is -1.91. The third-order valence-electron chi connectivity index (χ3n) is 5.72. The average molecular weight is 391 g/mol. The second-order valence-electron chi connectivity index (χ2n) is 7.52. The topological polar surface area (TPSA) is 21.5 Å². The molecule has 3 aromatic carbocycles. The Bertz CT molecular complexity index is 1590. The molecule has 0 saturated heterocycles. The summed E-state index contributed by atoms with van der Waals surface area (Å²) in [5.41, 5.74) is 6.09. The Kier molecular flexibility index (Phi) is 3.44. The lowest BCUT2D eigenvalue weighted by molar-refractivity contribution is 0.112. The number of thiophene rings is 1. The number of carbonyl (C=O) groups excluding carboxylic acids is 1. The SMILES string of the molecule is Cc1ccc2c(c1)cc1c3ccccc3c3cc(-c4ccc(C=O)s4)ccc3n21. The van der Waals surface area contributed by atoms with Crippen molar-refractivity contribution in [1.29, 1.82) is 0 Å². The van der Waals surface area contributed by atoms with Gasteiger partial charge >= 0.3 is 0 Å². The van der Waals surface area contributed by atoms with E-state index in [2.05, 4.69) is 78.1 Å². The lowest BCUT2D eigenvalue weighted by atomic mass is 10.0. The van der Waals surface area contributed by atoms with Crippen LogP contribution in [0.4, 0.5) is 0 Å². The third-order valence-corrected chi connectivity index (χ3v) is 6.77. The molecule has 29 heavy (non-hydrogen) atoms. The molecule has 0 saturated carbocycles. The van der Waals surface area contributed by atoms with E-state index in [4.69, 9.17) is 0 Å². The van der Waals surface area contributed by atoms with Crippen LogP contribution in [0.15, 0.2) is 78.9 Å². The van der Waals surface area contributed by atoms with Crippen LogP contribution in [0.1, 0.15) is 15.2 Å². The summed E-state index contributed by atoms with van der Waals surface area (Å²) in [5.74, 6) is 0.